The van der Waals surface area contributed by atoms with Gasteiger partial charge < -0.3 is 34.8 Å². The van der Waals surface area contributed by atoms with Gasteiger partial charge in [-0.05, 0) is 0 Å². The van der Waals surface area contributed by atoms with Crippen molar-refractivity contribution < 1.29 is 29.9 Å². The van der Waals surface area contributed by atoms with Gasteiger partial charge in [0.1, 0.15) is 30.5 Å². The number of anilines is 1. The van der Waals surface area contributed by atoms with Gasteiger partial charge in [-0.1, -0.05) is 0 Å². The van der Waals surface area contributed by atoms with Crippen LogP contribution in [0.2, 0.25) is 0 Å². The Hall–Kier alpha value is -1.70. The van der Waals surface area contributed by atoms with Crippen LogP contribution in [0.4, 0.5) is 5.88 Å². The number of aromatic nitrogens is 1. The molecule has 118 valence electrons. The quantitative estimate of drug-likeness (QED) is 0.375. The molecule has 21 heavy (non-hydrogen) atoms. The van der Waals surface area contributed by atoms with E-state index in [0.717, 1.165) is 0 Å². The topological polar surface area (TPSA) is 154 Å². The van der Waals surface area contributed by atoms with Crippen LogP contribution in [0.5, 0.6) is 0 Å². The van der Waals surface area contributed by atoms with Gasteiger partial charge in [0.25, 0.3) is 0 Å². The Kier molecular flexibility index (Phi) is 6.07. The van der Waals surface area contributed by atoms with Crippen molar-refractivity contribution in [2.45, 2.75) is 31.3 Å². The number of aliphatic hydroxyl groups is 5. The van der Waals surface area contributed by atoms with Crippen molar-refractivity contribution in [1.82, 2.24) is 4.98 Å². The Balaban J connectivity index is 2.73. The Morgan fingerprint density at radius 3 is 2.33 bits per heavy atom. The maximum Gasteiger partial charge on any atom is 0.234 e. The van der Waals surface area contributed by atoms with Crippen LogP contribution in [0.1, 0.15) is 11.6 Å². The van der Waals surface area contributed by atoms with Gasteiger partial charge in [-0.25, -0.2) is 4.98 Å². The minimum Gasteiger partial charge on any atom is -0.424 e. The maximum absolute atomic E-state index is 9.85. The fourth-order valence-electron chi connectivity index (χ4n) is 1.78. The minimum absolute atomic E-state index is 0.0348. The standard InChI is InChI=1S/C12H19N3O6/c1-6-14-7(3-13)12(21-6)15(2)4-8(17)10(19)11(20)9(18)5-16/h8-11,16-20H,4-5H2,1-2H3/t8-,9-,10-,11+/m0/s1. The van der Waals surface area contributed by atoms with Crippen LogP contribution in [0.3, 0.4) is 0 Å². The Labute approximate surface area is 121 Å². The average Bonchev–Trinajstić information content (AvgIpc) is 2.85. The molecule has 0 radical (unpaired) electrons. The molecule has 0 bridgehead atoms. The molecule has 0 aliphatic rings. The molecule has 4 atom stereocenters. The van der Waals surface area contributed by atoms with Gasteiger partial charge >= 0.3 is 0 Å². The molecule has 0 fully saturated rings. The molecule has 0 aliphatic heterocycles. The molecule has 0 unspecified atom stereocenters. The van der Waals surface area contributed by atoms with Crippen molar-refractivity contribution in [3.8, 4) is 6.07 Å². The molecular weight excluding hydrogens is 282 g/mol. The van der Waals surface area contributed by atoms with Crippen molar-refractivity contribution in [3.63, 3.8) is 0 Å². The summed E-state index contributed by atoms with van der Waals surface area (Å²) >= 11 is 0. The number of likely N-dealkylation sites (N-methyl/N-ethyl adjacent to an activating group) is 1. The highest BCUT2D eigenvalue weighted by atomic mass is 16.4. The molecule has 0 saturated heterocycles. The first-order valence-electron chi connectivity index (χ1n) is 6.23. The van der Waals surface area contributed by atoms with Crippen LogP contribution in [0.15, 0.2) is 4.42 Å². The Morgan fingerprint density at radius 1 is 1.24 bits per heavy atom. The SMILES string of the molecule is Cc1nc(C#N)c(N(C)C[C@H](O)[C@H](O)[C@H](O)[C@@H](O)CO)o1. The number of aryl methyl sites for hydroxylation is 1. The monoisotopic (exact) mass is 301 g/mol. The summed E-state index contributed by atoms with van der Waals surface area (Å²) in [7, 11) is 1.51. The summed E-state index contributed by atoms with van der Waals surface area (Å²) in [5.74, 6) is 0.401. The summed E-state index contributed by atoms with van der Waals surface area (Å²) in [6.07, 6.45) is -6.39. The van der Waals surface area contributed by atoms with Crippen molar-refractivity contribution >= 4 is 5.88 Å². The summed E-state index contributed by atoms with van der Waals surface area (Å²) in [5.41, 5.74) is 0.0348. The molecule has 9 heteroatoms. The van der Waals surface area contributed by atoms with E-state index in [2.05, 4.69) is 4.98 Å². The molecule has 5 N–H and O–H groups in total. The largest absolute Gasteiger partial charge is 0.424 e. The maximum atomic E-state index is 9.85. The molecule has 1 rings (SSSR count). The van der Waals surface area contributed by atoms with Crippen LogP contribution in [-0.2, 0) is 0 Å². The lowest BCUT2D eigenvalue weighted by Crippen LogP contribution is -2.49. The van der Waals surface area contributed by atoms with E-state index in [-0.39, 0.29) is 24.0 Å². The summed E-state index contributed by atoms with van der Waals surface area (Å²) in [4.78, 5) is 5.19. The molecule has 0 amide bonds. The van der Waals surface area contributed by atoms with Crippen molar-refractivity contribution in [3.05, 3.63) is 11.6 Å². The first-order chi connectivity index (χ1) is 9.81. The molecule has 9 nitrogen and oxygen atoms in total. The number of nitrogens with zero attached hydrogens (tertiary/aromatic N) is 3. The van der Waals surface area contributed by atoms with E-state index < -0.39 is 31.0 Å². The van der Waals surface area contributed by atoms with Crippen molar-refractivity contribution in [2.75, 3.05) is 25.1 Å². The Morgan fingerprint density at radius 2 is 1.81 bits per heavy atom. The molecule has 1 heterocycles. The lowest BCUT2D eigenvalue weighted by Gasteiger charge is -2.28. The second-order valence-electron chi connectivity index (χ2n) is 4.68. The lowest BCUT2D eigenvalue weighted by atomic mass is 10.0. The molecule has 0 aromatic carbocycles. The third-order valence-electron chi connectivity index (χ3n) is 2.96. The van der Waals surface area contributed by atoms with Crippen LogP contribution in [-0.4, -0.2) is 75.1 Å². The number of oxazole rings is 1. The van der Waals surface area contributed by atoms with Gasteiger partial charge in [0.2, 0.25) is 11.6 Å². The molecule has 0 aliphatic carbocycles. The molecule has 1 aromatic rings. The zero-order valence-electron chi connectivity index (χ0n) is 11.7. The Bertz CT molecular complexity index is 500. The first kappa shape index (κ1) is 17.4. The third kappa shape index (κ3) is 4.13. The third-order valence-corrected chi connectivity index (χ3v) is 2.96. The zero-order chi connectivity index (χ0) is 16.2. The predicted octanol–water partition coefficient (Wildman–Crippen LogP) is -2.27. The number of hydrogen-bond acceptors (Lipinski definition) is 9. The highest BCUT2D eigenvalue weighted by Gasteiger charge is 2.31. The van der Waals surface area contributed by atoms with E-state index in [4.69, 9.17) is 14.8 Å². The smallest absolute Gasteiger partial charge is 0.234 e. The summed E-state index contributed by atoms with van der Waals surface area (Å²) in [6.45, 7) is 0.630. The normalized spacial score (nSPS) is 16.9. The molecular formula is C12H19N3O6. The number of nitriles is 1. The van der Waals surface area contributed by atoms with Crippen LogP contribution >= 0.6 is 0 Å². The van der Waals surface area contributed by atoms with Crippen LogP contribution < -0.4 is 4.90 Å². The number of hydrogen-bond donors (Lipinski definition) is 5. The van der Waals surface area contributed by atoms with Crippen molar-refractivity contribution in [2.24, 2.45) is 0 Å². The van der Waals surface area contributed by atoms with Gasteiger partial charge in [0, 0.05) is 20.5 Å². The lowest BCUT2D eigenvalue weighted by molar-refractivity contribution is -0.112. The van der Waals surface area contributed by atoms with E-state index >= 15 is 0 Å². The summed E-state index contributed by atoms with van der Waals surface area (Å²) in [6, 6.07) is 1.84. The van der Waals surface area contributed by atoms with Gasteiger partial charge in [0.05, 0.1) is 6.61 Å². The van der Waals surface area contributed by atoms with E-state index in [9.17, 15) is 20.4 Å². The zero-order valence-corrected chi connectivity index (χ0v) is 11.7. The van der Waals surface area contributed by atoms with E-state index in [1.165, 1.54) is 11.9 Å². The van der Waals surface area contributed by atoms with Crippen LogP contribution in [0, 0.1) is 18.3 Å². The van der Waals surface area contributed by atoms with Gasteiger partial charge in [-0.15, -0.1) is 0 Å². The fourth-order valence-corrected chi connectivity index (χ4v) is 1.78. The van der Waals surface area contributed by atoms with Gasteiger partial charge in [0.15, 0.2) is 5.89 Å². The average molecular weight is 301 g/mol. The second kappa shape index (κ2) is 7.35. The predicted molar refractivity (Wildman–Crippen MR) is 70.3 cm³/mol. The minimum atomic E-state index is -1.70. The summed E-state index contributed by atoms with van der Waals surface area (Å²) < 4.78 is 5.22. The number of rotatable bonds is 7. The van der Waals surface area contributed by atoms with E-state index in [1.807, 2.05) is 6.07 Å². The number of aliphatic hydroxyl groups excluding tert-OH is 5. The molecule has 0 saturated carbocycles. The summed E-state index contributed by atoms with van der Waals surface area (Å²) in [5, 5.41) is 55.9. The first-order valence-corrected chi connectivity index (χ1v) is 6.23. The van der Waals surface area contributed by atoms with Crippen LogP contribution in [0.25, 0.3) is 0 Å². The van der Waals surface area contributed by atoms with Gasteiger partial charge in [-0.3, -0.25) is 0 Å². The highest BCUT2D eigenvalue weighted by molar-refractivity contribution is 5.47. The van der Waals surface area contributed by atoms with E-state index in [0.29, 0.717) is 0 Å². The highest BCUT2D eigenvalue weighted by Crippen LogP contribution is 2.20. The molecule has 0 spiro atoms. The second-order valence-corrected chi connectivity index (χ2v) is 4.68. The van der Waals surface area contributed by atoms with Crippen molar-refractivity contribution in [1.29, 1.82) is 5.26 Å². The fraction of sp³-hybridized carbons (Fsp3) is 0.667. The molecule has 1 aromatic heterocycles. The van der Waals surface area contributed by atoms with Gasteiger partial charge in [-0.2, -0.15) is 5.26 Å². The van der Waals surface area contributed by atoms with E-state index in [1.54, 1.807) is 6.92 Å².